The fraction of sp³-hybridized carbons (Fsp3) is 0.357. The van der Waals surface area contributed by atoms with E-state index < -0.39 is 6.03 Å². The molecule has 0 heterocycles. The Labute approximate surface area is 118 Å². The van der Waals surface area contributed by atoms with E-state index >= 15 is 0 Å². The van der Waals surface area contributed by atoms with E-state index in [2.05, 4.69) is 10.5 Å². The summed E-state index contributed by atoms with van der Waals surface area (Å²) in [5.74, 6) is -0.324. The minimum absolute atomic E-state index is 0.220. The van der Waals surface area contributed by atoms with E-state index in [0.29, 0.717) is 0 Å². The van der Waals surface area contributed by atoms with E-state index in [0.717, 1.165) is 27.8 Å². The number of carbonyl (C=O) groups is 2. The highest BCUT2D eigenvalue weighted by Gasteiger charge is 2.11. The molecule has 3 N–H and O–H groups in total. The van der Waals surface area contributed by atoms with Gasteiger partial charge in [0.05, 0.1) is 6.21 Å². The molecule has 1 aromatic carbocycles. The third-order valence-corrected chi connectivity index (χ3v) is 2.98. The van der Waals surface area contributed by atoms with Crippen molar-refractivity contribution < 1.29 is 14.3 Å². The molecule has 108 valence electrons. The molecule has 0 spiro atoms. The molecule has 0 aliphatic rings. The number of hydrogen-bond donors (Lipinski definition) is 2. The summed E-state index contributed by atoms with van der Waals surface area (Å²) in [6.07, 6.45) is 1.53. The number of nitrogens with two attached hydrogens (primary N) is 1. The molecule has 0 bridgehead atoms. The van der Waals surface area contributed by atoms with Crippen LogP contribution >= 0.6 is 0 Å². The van der Waals surface area contributed by atoms with Gasteiger partial charge in [0.15, 0.2) is 0 Å². The molecule has 0 radical (unpaired) electrons. The second kappa shape index (κ2) is 6.70. The zero-order valence-corrected chi connectivity index (χ0v) is 12.1. The summed E-state index contributed by atoms with van der Waals surface area (Å²) in [7, 11) is 0. The Morgan fingerprint density at radius 3 is 2.55 bits per heavy atom. The second-order valence-electron chi connectivity index (χ2n) is 4.54. The number of esters is 1. The minimum Gasteiger partial charge on any atom is -0.461 e. The lowest BCUT2D eigenvalue weighted by atomic mass is 9.94. The molecule has 6 nitrogen and oxygen atoms in total. The monoisotopic (exact) mass is 277 g/mol. The number of hydrazone groups is 1. The van der Waals surface area contributed by atoms with E-state index in [1.165, 1.54) is 13.1 Å². The molecule has 0 aromatic heterocycles. The molecule has 0 fully saturated rings. The third kappa shape index (κ3) is 4.08. The lowest BCUT2D eigenvalue weighted by Gasteiger charge is -2.14. The Morgan fingerprint density at radius 2 is 2.00 bits per heavy atom. The Kier molecular flexibility index (Phi) is 5.25. The molecule has 1 aromatic rings. The topological polar surface area (TPSA) is 93.8 Å². The first-order valence-electron chi connectivity index (χ1n) is 6.14. The smallest absolute Gasteiger partial charge is 0.332 e. The van der Waals surface area contributed by atoms with Crippen LogP contribution in [-0.2, 0) is 16.1 Å². The van der Waals surface area contributed by atoms with E-state index in [-0.39, 0.29) is 12.6 Å². The van der Waals surface area contributed by atoms with Crippen molar-refractivity contribution in [1.29, 1.82) is 0 Å². The number of rotatable bonds is 4. The molecule has 0 saturated heterocycles. The van der Waals surface area contributed by atoms with Crippen molar-refractivity contribution in [3.8, 4) is 0 Å². The van der Waals surface area contributed by atoms with Gasteiger partial charge in [-0.25, -0.2) is 10.2 Å². The van der Waals surface area contributed by atoms with Crippen LogP contribution in [0.4, 0.5) is 4.79 Å². The Balaban J connectivity index is 3.11. The van der Waals surface area contributed by atoms with E-state index in [1.54, 1.807) is 0 Å². The SMILES string of the molecule is CC(=O)OCc1c(C)cc(C)c(/C=N/NC(N)=O)c1C. The summed E-state index contributed by atoms with van der Waals surface area (Å²) in [6.45, 7) is 7.42. The molecular weight excluding hydrogens is 258 g/mol. The van der Waals surface area contributed by atoms with Crippen LogP contribution in [0.2, 0.25) is 0 Å². The Morgan fingerprint density at radius 1 is 1.35 bits per heavy atom. The molecule has 20 heavy (non-hydrogen) atoms. The number of urea groups is 1. The van der Waals surface area contributed by atoms with Crippen LogP contribution in [0.1, 0.15) is 34.7 Å². The molecule has 0 atom stereocenters. The van der Waals surface area contributed by atoms with Gasteiger partial charge in [0.2, 0.25) is 0 Å². The number of primary amides is 1. The van der Waals surface area contributed by atoms with Crippen molar-refractivity contribution in [2.24, 2.45) is 10.8 Å². The zero-order chi connectivity index (χ0) is 15.3. The highest BCUT2D eigenvalue weighted by molar-refractivity contribution is 5.85. The summed E-state index contributed by atoms with van der Waals surface area (Å²) in [6, 6.07) is 1.26. The summed E-state index contributed by atoms with van der Waals surface area (Å²) in [5.41, 5.74) is 11.9. The maximum atomic E-state index is 10.9. The van der Waals surface area contributed by atoms with E-state index in [9.17, 15) is 9.59 Å². The number of hydrogen-bond acceptors (Lipinski definition) is 4. The molecule has 0 saturated carbocycles. The predicted molar refractivity (Wildman–Crippen MR) is 76.4 cm³/mol. The van der Waals surface area contributed by atoms with Crippen LogP contribution in [0.25, 0.3) is 0 Å². The molecular formula is C14H19N3O3. The number of nitrogens with zero attached hydrogens (tertiary/aromatic N) is 1. The summed E-state index contributed by atoms with van der Waals surface area (Å²) < 4.78 is 5.05. The van der Waals surface area contributed by atoms with Gasteiger partial charge in [0, 0.05) is 12.5 Å². The fourth-order valence-electron chi connectivity index (χ4n) is 2.00. The van der Waals surface area contributed by atoms with Gasteiger partial charge in [-0.05, 0) is 43.0 Å². The van der Waals surface area contributed by atoms with Crippen molar-refractivity contribution in [2.75, 3.05) is 0 Å². The Bertz CT molecular complexity index is 565. The molecule has 1 rings (SSSR count). The number of ether oxygens (including phenoxy) is 1. The highest BCUT2D eigenvalue weighted by atomic mass is 16.5. The van der Waals surface area contributed by atoms with Crippen molar-refractivity contribution >= 4 is 18.2 Å². The lowest BCUT2D eigenvalue weighted by molar-refractivity contribution is -0.142. The van der Waals surface area contributed by atoms with Gasteiger partial charge in [0.1, 0.15) is 6.61 Å². The van der Waals surface area contributed by atoms with Crippen molar-refractivity contribution in [3.63, 3.8) is 0 Å². The van der Waals surface area contributed by atoms with Crippen LogP contribution in [0.5, 0.6) is 0 Å². The van der Waals surface area contributed by atoms with Crippen molar-refractivity contribution in [3.05, 3.63) is 33.9 Å². The molecule has 0 aliphatic heterocycles. The maximum absolute atomic E-state index is 10.9. The number of amides is 2. The number of nitrogens with one attached hydrogen (secondary N) is 1. The standard InChI is InChI=1S/C14H19N3O3/c1-8-5-9(2)13(7-20-11(4)18)10(3)12(8)6-16-17-14(15)19/h5-6H,7H2,1-4H3,(H3,15,17,19)/b16-6+. The second-order valence-corrected chi connectivity index (χ2v) is 4.54. The zero-order valence-electron chi connectivity index (χ0n) is 12.1. The van der Waals surface area contributed by atoms with Crippen LogP contribution in [0.15, 0.2) is 11.2 Å². The van der Waals surface area contributed by atoms with Gasteiger partial charge >= 0.3 is 12.0 Å². The molecule has 2 amide bonds. The van der Waals surface area contributed by atoms with Gasteiger partial charge in [-0.3, -0.25) is 4.79 Å². The molecule has 0 unspecified atom stereocenters. The largest absolute Gasteiger partial charge is 0.461 e. The van der Waals surface area contributed by atoms with E-state index in [4.69, 9.17) is 10.5 Å². The van der Waals surface area contributed by atoms with Crippen molar-refractivity contribution in [2.45, 2.75) is 34.3 Å². The van der Waals surface area contributed by atoms with Crippen LogP contribution in [0, 0.1) is 20.8 Å². The number of carbonyl (C=O) groups excluding carboxylic acids is 2. The first-order valence-corrected chi connectivity index (χ1v) is 6.14. The van der Waals surface area contributed by atoms with Gasteiger partial charge in [-0.1, -0.05) is 6.07 Å². The number of aryl methyl sites for hydroxylation is 2. The fourth-order valence-corrected chi connectivity index (χ4v) is 2.00. The lowest BCUT2D eigenvalue weighted by Crippen LogP contribution is -2.24. The van der Waals surface area contributed by atoms with Gasteiger partial charge in [-0.15, -0.1) is 0 Å². The van der Waals surface area contributed by atoms with Crippen molar-refractivity contribution in [1.82, 2.24) is 5.43 Å². The molecule has 0 aliphatic carbocycles. The quantitative estimate of drug-likeness (QED) is 0.498. The van der Waals surface area contributed by atoms with Gasteiger partial charge in [-0.2, -0.15) is 5.10 Å². The minimum atomic E-state index is -0.719. The molecule has 6 heteroatoms. The van der Waals surface area contributed by atoms with Crippen LogP contribution in [0.3, 0.4) is 0 Å². The summed E-state index contributed by atoms with van der Waals surface area (Å²) in [5, 5.41) is 3.77. The maximum Gasteiger partial charge on any atom is 0.332 e. The van der Waals surface area contributed by atoms with Gasteiger partial charge in [0.25, 0.3) is 0 Å². The van der Waals surface area contributed by atoms with Gasteiger partial charge < -0.3 is 10.5 Å². The van der Waals surface area contributed by atoms with E-state index in [1.807, 2.05) is 26.8 Å². The third-order valence-electron chi connectivity index (χ3n) is 2.98. The summed E-state index contributed by atoms with van der Waals surface area (Å²) in [4.78, 5) is 21.5. The highest BCUT2D eigenvalue weighted by Crippen LogP contribution is 2.22. The predicted octanol–water partition coefficient (Wildman–Crippen LogP) is 1.68. The number of benzene rings is 1. The summed E-state index contributed by atoms with van der Waals surface area (Å²) >= 11 is 0. The first kappa shape index (κ1) is 15.7. The average molecular weight is 277 g/mol. The first-order chi connectivity index (χ1) is 9.32. The van der Waals surface area contributed by atoms with Crippen LogP contribution < -0.4 is 11.2 Å². The average Bonchev–Trinajstić information content (AvgIpc) is 2.32. The normalized spacial score (nSPS) is 10.6. The van der Waals surface area contributed by atoms with Crippen LogP contribution in [-0.4, -0.2) is 18.2 Å². The Hall–Kier alpha value is -2.37.